The second-order valence-electron chi connectivity index (χ2n) is 4.03. The molecular weight excluding hydrogens is 194 g/mol. The normalized spacial score (nSPS) is 11.4. The molecule has 0 saturated heterocycles. The molecule has 0 N–H and O–H groups in total. The van der Waals surface area contributed by atoms with Crippen molar-refractivity contribution in [2.45, 2.75) is 12.5 Å². The van der Waals surface area contributed by atoms with E-state index in [1.807, 2.05) is 19.2 Å². The first-order valence-corrected chi connectivity index (χ1v) is 5.49. The number of hydrogen-bond acceptors (Lipinski definition) is 0. The van der Waals surface area contributed by atoms with Crippen molar-refractivity contribution in [3.8, 4) is 0 Å². The predicted octanol–water partition coefficient (Wildman–Crippen LogP) is 3.18. The van der Waals surface area contributed by atoms with E-state index in [-0.39, 0.29) is 5.54 Å². The summed E-state index contributed by atoms with van der Waals surface area (Å²) in [6, 6.07) is 20.8. The maximum Gasteiger partial charge on any atom is 0.0823 e. The van der Waals surface area contributed by atoms with E-state index in [9.17, 15) is 0 Å². The van der Waals surface area contributed by atoms with Crippen molar-refractivity contribution < 1.29 is 0 Å². The van der Waals surface area contributed by atoms with Crippen LogP contribution in [-0.4, -0.2) is 7.05 Å². The molecule has 0 amide bonds. The van der Waals surface area contributed by atoms with Gasteiger partial charge in [0.05, 0.1) is 5.54 Å². The fourth-order valence-electron chi connectivity index (χ4n) is 1.95. The Hall–Kier alpha value is -1.60. The lowest BCUT2D eigenvalue weighted by atomic mass is 9.85. The summed E-state index contributed by atoms with van der Waals surface area (Å²) in [6.07, 6.45) is 0. The second kappa shape index (κ2) is 4.50. The Morgan fingerprint density at radius 3 is 1.44 bits per heavy atom. The quantitative estimate of drug-likeness (QED) is 0.738. The Morgan fingerprint density at radius 1 is 0.750 bits per heavy atom. The van der Waals surface area contributed by atoms with E-state index in [4.69, 9.17) is 0 Å². The van der Waals surface area contributed by atoms with Crippen molar-refractivity contribution in [2.75, 3.05) is 7.05 Å². The van der Waals surface area contributed by atoms with Gasteiger partial charge in [-0.3, -0.25) is 0 Å². The molecular formula is C15H16N. The van der Waals surface area contributed by atoms with Crippen LogP contribution in [0.25, 0.3) is 0 Å². The minimum absolute atomic E-state index is 0.247. The summed E-state index contributed by atoms with van der Waals surface area (Å²) in [5, 5.41) is 4.56. The van der Waals surface area contributed by atoms with Gasteiger partial charge in [0.15, 0.2) is 0 Å². The van der Waals surface area contributed by atoms with Gasteiger partial charge in [-0.25, -0.2) is 5.32 Å². The molecule has 0 bridgehead atoms. The molecule has 0 aliphatic rings. The van der Waals surface area contributed by atoms with Crippen LogP contribution in [0.15, 0.2) is 60.7 Å². The van der Waals surface area contributed by atoms with Crippen LogP contribution in [0, 0.1) is 0 Å². The molecule has 0 aromatic heterocycles. The van der Waals surface area contributed by atoms with Crippen LogP contribution < -0.4 is 5.32 Å². The number of nitrogens with zero attached hydrogens (tertiary/aromatic N) is 1. The zero-order chi connectivity index (χ0) is 11.4. The average Bonchev–Trinajstić information content (AvgIpc) is 2.40. The van der Waals surface area contributed by atoms with Gasteiger partial charge in [0.2, 0.25) is 0 Å². The Balaban J connectivity index is 2.49. The standard InChI is InChI=1S/C15H16N/c1-15(16-2,13-9-5-3-6-10-13)14-11-7-4-8-12-14/h3-12H,1-2H3. The average molecular weight is 210 g/mol. The summed E-state index contributed by atoms with van der Waals surface area (Å²) in [7, 11) is 1.88. The third-order valence-corrected chi connectivity index (χ3v) is 3.12. The molecule has 0 fully saturated rings. The minimum atomic E-state index is -0.247. The molecule has 0 unspecified atom stereocenters. The summed E-state index contributed by atoms with van der Waals surface area (Å²) < 4.78 is 0. The lowest BCUT2D eigenvalue weighted by Gasteiger charge is -2.28. The minimum Gasteiger partial charge on any atom is -0.229 e. The summed E-state index contributed by atoms with van der Waals surface area (Å²) in [5.41, 5.74) is 2.20. The van der Waals surface area contributed by atoms with Gasteiger partial charge in [-0.1, -0.05) is 60.7 Å². The molecule has 0 saturated carbocycles. The molecule has 0 spiro atoms. The zero-order valence-electron chi connectivity index (χ0n) is 9.72. The van der Waals surface area contributed by atoms with Gasteiger partial charge in [0, 0.05) is 7.05 Å². The van der Waals surface area contributed by atoms with Crippen LogP contribution >= 0.6 is 0 Å². The molecule has 1 heteroatoms. The van der Waals surface area contributed by atoms with E-state index in [1.165, 1.54) is 11.1 Å². The van der Waals surface area contributed by atoms with E-state index >= 15 is 0 Å². The molecule has 2 aromatic carbocycles. The summed E-state index contributed by atoms with van der Waals surface area (Å²) in [4.78, 5) is 0. The van der Waals surface area contributed by atoms with Crippen LogP contribution in [0.4, 0.5) is 0 Å². The molecule has 2 rings (SSSR count). The van der Waals surface area contributed by atoms with Crippen LogP contribution in [0.1, 0.15) is 18.1 Å². The van der Waals surface area contributed by atoms with E-state index in [0.29, 0.717) is 0 Å². The highest BCUT2D eigenvalue weighted by molar-refractivity contribution is 5.36. The Labute approximate surface area is 97.1 Å². The van der Waals surface area contributed by atoms with Crippen molar-refractivity contribution in [1.82, 2.24) is 5.32 Å². The Kier molecular flexibility index (Phi) is 3.07. The monoisotopic (exact) mass is 210 g/mol. The maximum atomic E-state index is 4.56. The second-order valence-corrected chi connectivity index (χ2v) is 4.03. The molecule has 0 atom stereocenters. The lowest BCUT2D eigenvalue weighted by molar-refractivity contribution is 0.474. The summed E-state index contributed by atoms with van der Waals surface area (Å²) in [5.74, 6) is 0. The van der Waals surface area contributed by atoms with Crippen LogP contribution in [0.3, 0.4) is 0 Å². The highest BCUT2D eigenvalue weighted by Gasteiger charge is 2.27. The molecule has 1 nitrogen and oxygen atoms in total. The highest BCUT2D eigenvalue weighted by Crippen LogP contribution is 2.29. The highest BCUT2D eigenvalue weighted by atomic mass is 14.9. The molecule has 1 radical (unpaired) electrons. The largest absolute Gasteiger partial charge is 0.229 e. The predicted molar refractivity (Wildman–Crippen MR) is 67.4 cm³/mol. The molecule has 0 aliphatic carbocycles. The van der Waals surface area contributed by atoms with Crippen molar-refractivity contribution in [1.29, 1.82) is 0 Å². The van der Waals surface area contributed by atoms with Gasteiger partial charge < -0.3 is 0 Å². The van der Waals surface area contributed by atoms with Crippen LogP contribution in [-0.2, 0) is 5.54 Å². The number of rotatable bonds is 3. The van der Waals surface area contributed by atoms with Gasteiger partial charge in [-0.2, -0.15) is 0 Å². The van der Waals surface area contributed by atoms with Crippen molar-refractivity contribution in [3.63, 3.8) is 0 Å². The molecule has 2 aromatic rings. The summed E-state index contributed by atoms with van der Waals surface area (Å²) in [6.45, 7) is 2.15. The van der Waals surface area contributed by atoms with E-state index in [0.717, 1.165) is 0 Å². The maximum absolute atomic E-state index is 4.56. The zero-order valence-corrected chi connectivity index (χ0v) is 9.72. The van der Waals surface area contributed by atoms with Crippen molar-refractivity contribution in [2.24, 2.45) is 0 Å². The fourth-order valence-corrected chi connectivity index (χ4v) is 1.95. The van der Waals surface area contributed by atoms with E-state index in [2.05, 4.69) is 60.8 Å². The molecule has 81 valence electrons. The SMILES string of the molecule is C[N]C(C)(c1ccccc1)c1ccccc1. The third kappa shape index (κ3) is 1.86. The van der Waals surface area contributed by atoms with Crippen molar-refractivity contribution in [3.05, 3.63) is 71.8 Å². The topological polar surface area (TPSA) is 14.1 Å². The van der Waals surface area contributed by atoms with Gasteiger partial charge in [-0.05, 0) is 18.1 Å². The molecule has 0 aliphatic heterocycles. The van der Waals surface area contributed by atoms with Gasteiger partial charge in [-0.15, -0.1) is 0 Å². The first-order chi connectivity index (χ1) is 7.77. The van der Waals surface area contributed by atoms with Gasteiger partial charge in [0.25, 0.3) is 0 Å². The summed E-state index contributed by atoms with van der Waals surface area (Å²) >= 11 is 0. The third-order valence-electron chi connectivity index (χ3n) is 3.12. The smallest absolute Gasteiger partial charge is 0.0823 e. The lowest BCUT2D eigenvalue weighted by Crippen LogP contribution is -2.32. The first-order valence-electron chi connectivity index (χ1n) is 5.49. The molecule has 0 heterocycles. The van der Waals surface area contributed by atoms with E-state index in [1.54, 1.807) is 0 Å². The Bertz CT molecular complexity index is 394. The number of benzene rings is 2. The molecule has 16 heavy (non-hydrogen) atoms. The number of hydrogen-bond donors (Lipinski definition) is 0. The van der Waals surface area contributed by atoms with Crippen molar-refractivity contribution >= 4 is 0 Å². The van der Waals surface area contributed by atoms with Gasteiger partial charge >= 0.3 is 0 Å². The first kappa shape index (κ1) is 10.9. The van der Waals surface area contributed by atoms with Crippen LogP contribution in [0.5, 0.6) is 0 Å². The van der Waals surface area contributed by atoms with Gasteiger partial charge in [0.1, 0.15) is 0 Å². The van der Waals surface area contributed by atoms with Crippen LogP contribution in [0.2, 0.25) is 0 Å². The fraction of sp³-hybridized carbons (Fsp3) is 0.200. The Morgan fingerprint density at radius 2 is 1.12 bits per heavy atom. The van der Waals surface area contributed by atoms with E-state index < -0.39 is 0 Å².